The number of fused-ring (bicyclic) bond motifs is 1. The minimum Gasteiger partial charge on any atom is -0.399 e. The summed E-state index contributed by atoms with van der Waals surface area (Å²) < 4.78 is 7.25. The van der Waals surface area contributed by atoms with E-state index in [4.69, 9.17) is 10.5 Å². The molecule has 0 aliphatic heterocycles. The van der Waals surface area contributed by atoms with Gasteiger partial charge in [-0.05, 0) is 31.5 Å². The van der Waals surface area contributed by atoms with Crippen LogP contribution in [0.4, 0.5) is 5.69 Å². The Morgan fingerprint density at radius 1 is 1.50 bits per heavy atom. The van der Waals surface area contributed by atoms with E-state index >= 15 is 0 Å². The molecule has 1 aromatic heterocycles. The number of aromatic nitrogens is 2. The molecule has 2 N–H and O–H groups in total. The highest BCUT2D eigenvalue weighted by molar-refractivity contribution is 5.79. The van der Waals surface area contributed by atoms with Gasteiger partial charge in [-0.3, -0.25) is 0 Å². The quantitative estimate of drug-likeness (QED) is 0.802. The van der Waals surface area contributed by atoms with Crippen molar-refractivity contribution < 1.29 is 4.74 Å². The second-order valence-corrected chi connectivity index (χ2v) is 4.03. The van der Waals surface area contributed by atoms with Gasteiger partial charge in [0.25, 0.3) is 0 Å². The number of nitrogens with two attached hydrogens (primary N) is 1. The molecule has 0 amide bonds. The fourth-order valence-electron chi connectivity index (χ4n) is 1.83. The predicted octanol–water partition coefficient (Wildman–Crippen LogP) is 2.22. The zero-order valence-electron chi connectivity index (χ0n) is 9.68. The van der Waals surface area contributed by atoms with Gasteiger partial charge < -0.3 is 15.0 Å². The Labute approximate surface area is 95.0 Å². The van der Waals surface area contributed by atoms with Gasteiger partial charge in [0.05, 0.1) is 17.4 Å². The van der Waals surface area contributed by atoms with Crippen molar-refractivity contribution in [3.63, 3.8) is 0 Å². The van der Waals surface area contributed by atoms with Crippen LogP contribution in [0.2, 0.25) is 0 Å². The summed E-state index contributed by atoms with van der Waals surface area (Å²) in [6, 6.07) is 6.20. The summed E-state index contributed by atoms with van der Waals surface area (Å²) in [5.74, 6) is 0. The smallest absolute Gasteiger partial charge is 0.0960 e. The second kappa shape index (κ2) is 4.53. The van der Waals surface area contributed by atoms with Crippen molar-refractivity contribution in [3.8, 4) is 0 Å². The molecule has 1 aromatic carbocycles. The molecule has 1 heterocycles. The zero-order chi connectivity index (χ0) is 11.5. The summed E-state index contributed by atoms with van der Waals surface area (Å²) in [6.07, 6.45) is 2.84. The van der Waals surface area contributed by atoms with Crippen molar-refractivity contribution >= 4 is 16.7 Å². The Morgan fingerprint density at radius 3 is 3.06 bits per heavy atom. The van der Waals surface area contributed by atoms with Crippen LogP contribution in [0.15, 0.2) is 24.5 Å². The molecule has 0 bridgehead atoms. The van der Waals surface area contributed by atoms with Crippen molar-refractivity contribution in [1.82, 2.24) is 9.55 Å². The Balaban J connectivity index is 2.31. The Morgan fingerprint density at radius 2 is 2.31 bits per heavy atom. The predicted molar refractivity (Wildman–Crippen MR) is 65.3 cm³/mol. The lowest BCUT2D eigenvalue weighted by molar-refractivity contribution is 0.181. The third-order valence-electron chi connectivity index (χ3n) is 2.81. The number of rotatable bonds is 4. The summed E-state index contributed by atoms with van der Waals surface area (Å²) >= 11 is 0. The fraction of sp³-hybridized carbons (Fsp3) is 0.417. The molecule has 0 saturated heterocycles. The van der Waals surface area contributed by atoms with Crippen LogP contribution >= 0.6 is 0 Å². The molecule has 1 unspecified atom stereocenters. The van der Waals surface area contributed by atoms with Crippen molar-refractivity contribution in [2.45, 2.75) is 19.4 Å². The number of ether oxygens (including phenoxy) is 1. The molecule has 0 aliphatic rings. The van der Waals surface area contributed by atoms with E-state index in [1.54, 1.807) is 7.11 Å². The molecular formula is C12H17N3O. The summed E-state index contributed by atoms with van der Waals surface area (Å²) in [5, 5.41) is 0. The molecule has 86 valence electrons. The highest BCUT2D eigenvalue weighted by atomic mass is 16.5. The summed E-state index contributed by atoms with van der Waals surface area (Å²) in [6.45, 7) is 2.92. The first-order chi connectivity index (χ1) is 7.72. The largest absolute Gasteiger partial charge is 0.399 e. The van der Waals surface area contributed by atoms with E-state index in [9.17, 15) is 0 Å². The van der Waals surface area contributed by atoms with Crippen LogP contribution in [0.1, 0.15) is 19.4 Å². The van der Waals surface area contributed by atoms with Crippen LogP contribution in [-0.4, -0.2) is 23.3 Å². The van der Waals surface area contributed by atoms with E-state index in [1.165, 1.54) is 0 Å². The third kappa shape index (κ3) is 2.02. The molecular weight excluding hydrogens is 202 g/mol. The van der Waals surface area contributed by atoms with Crippen molar-refractivity contribution in [1.29, 1.82) is 0 Å². The standard InChI is InChI=1S/C12H17N3O/c1-9(5-6-16-2)15-8-14-11-7-10(13)3-4-12(11)15/h3-4,7-9H,5-6,13H2,1-2H3. The number of nitrogen functional groups attached to an aromatic ring is 1. The van der Waals surface area contributed by atoms with Crippen molar-refractivity contribution in [3.05, 3.63) is 24.5 Å². The van der Waals surface area contributed by atoms with Crippen LogP contribution in [0, 0.1) is 0 Å². The molecule has 4 nitrogen and oxygen atoms in total. The monoisotopic (exact) mass is 219 g/mol. The van der Waals surface area contributed by atoms with E-state index in [1.807, 2.05) is 24.5 Å². The number of nitrogens with zero attached hydrogens (tertiary/aromatic N) is 2. The van der Waals surface area contributed by atoms with E-state index in [0.29, 0.717) is 6.04 Å². The van der Waals surface area contributed by atoms with Crippen molar-refractivity contribution in [2.75, 3.05) is 19.5 Å². The van der Waals surface area contributed by atoms with E-state index in [0.717, 1.165) is 29.7 Å². The molecule has 0 saturated carbocycles. The molecule has 2 rings (SSSR count). The lowest BCUT2D eigenvalue weighted by atomic mass is 10.2. The number of anilines is 1. The Kier molecular flexibility index (Phi) is 3.10. The lowest BCUT2D eigenvalue weighted by Crippen LogP contribution is -2.06. The average Bonchev–Trinajstić information content (AvgIpc) is 2.68. The first-order valence-electron chi connectivity index (χ1n) is 5.43. The van der Waals surface area contributed by atoms with Crippen LogP contribution in [-0.2, 0) is 4.74 Å². The Bertz CT molecular complexity index is 478. The van der Waals surface area contributed by atoms with E-state index in [2.05, 4.69) is 16.5 Å². The fourth-order valence-corrected chi connectivity index (χ4v) is 1.83. The van der Waals surface area contributed by atoms with Crippen LogP contribution in [0.3, 0.4) is 0 Å². The third-order valence-corrected chi connectivity index (χ3v) is 2.81. The van der Waals surface area contributed by atoms with Gasteiger partial charge in [0, 0.05) is 25.4 Å². The molecule has 0 aliphatic carbocycles. The first kappa shape index (κ1) is 11.0. The molecule has 0 spiro atoms. The van der Waals surface area contributed by atoms with Gasteiger partial charge in [0.15, 0.2) is 0 Å². The summed E-state index contributed by atoms with van der Waals surface area (Å²) in [4.78, 5) is 4.35. The maximum Gasteiger partial charge on any atom is 0.0960 e. The Hall–Kier alpha value is -1.55. The van der Waals surface area contributed by atoms with Gasteiger partial charge in [-0.15, -0.1) is 0 Å². The second-order valence-electron chi connectivity index (χ2n) is 4.03. The van der Waals surface area contributed by atoms with Gasteiger partial charge in [-0.1, -0.05) is 0 Å². The molecule has 0 radical (unpaired) electrons. The van der Waals surface area contributed by atoms with Gasteiger partial charge in [-0.2, -0.15) is 0 Å². The number of imidazole rings is 1. The number of hydrogen-bond donors (Lipinski definition) is 1. The normalized spacial score (nSPS) is 13.1. The highest BCUT2D eigenvalue weighted by Gasteiger charge is 2.08. The SMILES string of the molecule is COCCC(C)n1cnc2cc(N)ccc21. The molecule has 2 aromatic rings. The maximum atomic E-state index is 5.72. The van der Waals surface area contributed by atoms with E-state index < -0.39 is 0 Å². The van der Waals surface area contributed by atoms with E-state index in [-0.39, 0.29) is 0 Å². The average molecular weight is 219 g/mol. The van der Waals surface area contributed by atoms with Crippen molar-refractivity contribution in [2.24, 2.45) is 0 Å². The number of hydrogen-bond acceptors (Lipinski definition) is 3. The topological polar surface area (TPSA) is 53.1 Å². The summed E-state index contributed by atoms with van der Waals surface area (Å²) in [7, 11) is 1.72. The van der Waals surface area contributed by atoms with Gasteiger partial charge >= 0.3 is 0 Å². The van der Waals surface area contributed by atoms with Gasteiger partial charge in [0.2, 0.25) is 0 Å². The molecule has 4 heteroatoms. The molecule has 0 fully saturated rings. The molecule has 1 atom stereocenters. The molecule has 16 heavy (non-hydrogen) atoms. The van der Waals surface area contributed by atoms with Crippen LogP contribution in [0.5, 0.6) is 0 Å². The number of benzene rings is 1. The number of methoxy groups -OCH3 is 1. The lowest BCUT2D eigenvalue weighted by Gasteiger charge is -2.13. The highest BCUT2D eigenvalue weighted by Crippen LogP contribution is 2.21. The maximum absolute atomic E-state index is 5.72. The van der Waals surface area contributed by atoms with Gasteiger partial charge in [0.1, 0.15) is 0 Å². The minimum atomic E-state index is 0.383. The van der Waals surface area contributed by atoms with Crippen LogP contribution < -0.4 is 5.73 Å². The summed E-state index contributed by atoms with van der Waals surface area (Å²) in [5.41, 5.74) is 8.54. The van der Waals surface area contributed by atoms with Crippen LogP contribution in [0.25, 0.3) is 11.0 Å². The zero-order valence-corrected chi connectivity index (χ0v) is 9.68. The first-order valence-corrected chi connectivity index (χ1v) is 5.43. The van der Waals surface area contributed by atoms with Gasteiger partial charge in [-0.25, -0.2) is 4.98 Å². The minimum absolute atomic E-state index is 0.383.